The van der Waals surface area contributed by atoms with Gasteiger partial charge in [0, 0.05) is 17.0 Å². The molecule has 1 aromatic carbocycles. The van der Waals surface area contributed by atoms with E-state index >= 15 is 0 Å². The fourth-order valence-corrected chi connectivity index (χ4v) is 2.68. The van der Waals surface area contributed by atoms with Crippen molar-refractivity contribution in [3.05, 3.63) is 39.7 Å². The molecule has 1 aliphatic rings. The molecule has 1 aromatic heterocycles. The van der Waals surface area contributed by atoms with Crippen molar-refractivity contribution in [3.63, 3.8) is 0 Å². The van der Waals surface area contributed by atoms with Crippen LogP contribution in [0.1, 0.15) is 79.4 Å². The van der Waals surface area contributed by atoms with Crippen LogP contribution in [0, 0.1) is 0 Å². The summed E-state index contributed by atoms with van der Waals surface area (Å²) in [4.78, 5) is 12.0. The molecule has 0 spiro atoms. The van der Waals surface area contributed by atoms with E-state index in [9.17, 15) is 4.79 Å². The zero-order chi connectivity index (χ0) is 21.2. The van der Waals surface area contributed by atoms with Gasteiger partial charge in [0.15, 0.2) is 0 Å². The van der Waals surface area contributed by atoms with E-state index in [0.717, 1.165) is 42.2 Å². The van der Waals surface area contributed by atoms with Gasteiger partial charge in [0.25, 0.3) is 0 Å². The molecule has 2 aromatic rings. The topological polar surface area (TPSA) is 59.7 Å². The number of hydrogen-bond acceptors (Lipinski definition) is 4. The minimum atomic E-state index is -0.221. The minimum Gasteiger partial charge on any atom is -0.491 e. The molecule has 0 saturated heterocycles. The zero-order valence-electron chi connectivity index (χ0n) is 18.6. The summed E-state index contributed by atoms with van der Waals surface area (Å²) in [6.07, 6.45) is 3.93. The van der Waals surface area contributed by atoms with Crippen LogP contribution in [0.15, 0.2) is 27.4 Å². The number of ether oxygens (including phenoxy) is 1. The van der Waals surface area contributed by atoms with E-state index in [1.165, 1.54) is 0 Å². The van der Waals surface area contributed by atoms with Crippen molar-refractivity contribution < 1.29 is 14.3 Å². The van der Waals surface area contributed by atoms with Crippen LogP contribution < -0.4 is 10.4 Å². The maximum atomic E-state index is 12.0. The Morgan fingerprint density at radius 1 is 0.926 bits per heavy atom. The fraction of sp³-hybridized carbons (Fsp3) is 0.609. The van der Waals surface area contributed by atoms with Crippen LogP contribution in [0.5, 0.6) is 5.75 Å². The van der Waals surface area contributed by atoms with Gasteiger partial charge in [0.05, 0.1) is 6.61 Å². The van der Waals surface area contributed by atoms with Crippen molar-refractivity contribution >= 4 is 11.0 Å². The van der Waals surface area contributed by atoms with E-state index < -0.39 is 0 Å². The van der Waals surface area contributed by atoms with Gasteiger partial charge in [0.1, 0.15) is 17.9 Å². The summed E-state index contributed by atoms with van der Waals surface area (Å²) in [5, 5.41) is 9.75. The molecule has 156 valence electrons. The van der Waals surface area contributed by atoms with Crippen LogP contribution in [0.2, 0.25) is 0 Å². The number of aryl methyl sites for hydroxylation is 1. The number of aliphatic hydroxyl groups excluding tert-OH is 1. The molecule has 1 heterocycles. The predicted molar refractivity (Wildman–Crippen MR) is 117 cm³/mol. The Labute approximate surface area is 165 Å². The van der Waals surface area contributed by atoms with Crippen molar-refractivity contribution in [1.29, 1.82) is 0 Å². The Morgan fingerprint density at radius 3 is 2.04 bits per heavy atom. The molecule has 0 atom stereocenters. The standard InChI is InChI=1S/C15H16O4.4C2H6/c16-7-8-18-10-5-6-12-11-3-1-2-4-13(11)15(17)19-14(12)9-10;4*1-2/h5-6,9,16H,1-4,7-8H2;4*1-2H3. The highest BCUT2D eigenvalue weighted by Crippen LogP contribution is 2.28. The second-order valence-electron chi connectivity index (χ2n) is 4.78. The lowest BCUT2D eigenvalue weighted by molar-refractivity contribution is 0.201. The highest BCUT2D eigenvalue weighted by Gasteiger charge is 2.18. The summed E-state index contributed by atoms with van der Waals surface area (Å²) in [6.45, 7) is 16.2. The normalized spacial score (nSPS) is 11.0. The first-order valence-corrected chi connectivity index (χ1v) is 10.6. The van der Waals surface area contributed by atoms with Gasteiger partial charge in [-0.3, -0.25) is 0 Å². The second kappa shape index (κ2) is 17.6. The van der Waals surface area contributed by atoms with Crippen LogP contribution in [0.4, 0.5) is 0 Å². The van der Waals surface area contributed by atoms with E-state index in [-0.39, 0.29) is 18.8 Å². The summed E-state index contributed by atoms with van der Waals surface area (Å²) in [7, 11) is 0. The smallest absolute Gasteiger partial charge is 0.339 e. The van der Waals surface area contributed by atoms with Crippen molar-refractivity contribution in [2.75, 3.05) is 13.2 Å². The van der Waals surface area contributed by atoms with Crippen LogP contribution in [-0.2, 0) is 12.8 Å². The summed E-state index contributed by atoms with van der Waals surface area (Å²) >= 11 is 0. The third-order valence-corrected chi connectivity index (χ3v) is 3.56. The third kappa shape index (κ3) is 8.17. The Bertz CT molecular complexity index is 659. The van der Waals surface area contributed by atoms with Crippen LogP contribution >= 0.6 is 0 Å². The molecule has 0 fully saturated rings. The van der Waals surface area contributed by atoms with Crippen molar-refractivity contribution in [1.82, 2.24) is 0 Å². The predicted octanol–water partition coefficient (Wildman–Crippen LogP) is 6.15. The maximum Gasteiger partial charge on any atom is 0.339 e. The number of fused-ring (bicyclic) bond motifs is 3. The quantitative estimate of drug-likeness (QED) is 0.649. The summed E-state index contributed by atoms with van der Waals surface area (Å²) in [5.74, 6) is 0.612. The van der Waals surface area contributed by atoms with Gasteiger partial charge in [-0.25, -0.2) is 4.79 Å². The Kier molecular flexibility index (Phi) is 17.9. The van der Waals surface area contributed by atoms with E-state index in [1.54, 1.807) is 6.07 Å². The third-order valence-electron chi connectivity index (χ3n) is 3.56. The number of rotatable bonds is 3. The molecule has 27 heavy (non-hydrogen) atoms. The molecule has 0 unspecified atom stereocenters. The van der Waals surface area contributed by atoms with Gasteiger partial charge >= 0.3 is 5.63 Å². The molecule has 0 radical (unpaired) electrons. The maximum absolute atomic E-state index is 12.0. The van der Waals surface area contributed by atoms with E-state index in [1.807, 2.05) is 67.5 Å². The monoisotopic (exact) mass is 380 g/mol. The van der Waals surface area contributed by atoms with Gasteiger partial charge in [-0.2, -0.15) is 0 Å². The van der Waals surface area contributed by atoms with Crippen LogP contribution in [-0.4, -0.2) is 18.3 Å². The van der Waals surface area contributed by atoms with Crippen molar-refractivity contribution in [2.45, 2.75) is 81.1 Å². The highest BCUT2D eigenvalue weighted by atomic mass is 16.5. The van der Waals surface area contributed by atoms with Gasteiger partial charge < -0.3 is 14.3 Å². The molecule has 1 aliphatic carbocycles. The Hall–Kier alpha value is -1.81. The molecular formula is C23H40O4. The number of hydrogen-bond donors (Lipinski definition) is 1. The molecule has 0 bridgehead atoms. The SMILES string of the molecule is CC.CC.CC.CC.O=c1oc2cc(OCCO)ccc2c2c1CCCC2. The molecule has 1 N–H and O–H groups in total. The van der Waals surface area contributed by atoms with E-state index in [0.29, 0.717) is 11.3 Å². The number of benzene rings is 1. The second-order valence-corrected chi connectivity index (χ2v) is 4.78. The highest BCUT2D eigenvalue weighted by molar-refractivity contribution is 5.82. The molecule has 0 saturated carbocycles. The summed E-state index contributed by atoms with van der Waals surface area (Å²) < 4.78 is 10.7. The first kappa shape index (κ1) is 27.4. The Morgan fingerprint density at radius 2 is 1.48 bits per heavy atom. The number of aliphatic hydroxyl groups is 1. The molecule has 0 aliphatic heterocycles. The largest absolute Gasteiger partial charge is 0.491 e. The molecule has 4 heteroatoms. The minimum absolute atomic E-state index is 0.0355. The molecule has 4 nitrogen and oxygen atoms in total. The van der Waals surface area contributed by atoms with Crippen LogP contribution in [0.3, 0.4) is 0 Å². The average molecular weight is 381 g/mol. The van der Waals surface area contributed by atoms with Gasteiger partial charge in [-0.1, -0.05) is 55.4 Å². The van der Waals surface area contributed by atoms with Gasteiger partial charge in [-0.15, -0.1) is 0 Å². The fourth-order valence-electron chi connectivity index (χ4n) is 2.68. The summed E-state index contributed by atoms with van der Waals surface area (Å²) in [6, 6.07) is 5.52. The van der Waals surface area contributed by atoms with Crippen molar-refractivity contribution in [3.8, 4) is 5.75 Å². The Balaban J connectivity index is 0. The summed E-state index contributed by atoms with van der Waals surface area (Å²) in [5.41, 5.74) is 2.32. The van der Waals surface area contributed by atoms with Gasteiger partial charge in [-0.05, 0) is 43.4 Å². The molecular weight excluding hydrogens is 340 g/mol. The zero-order valence-corrected chi connectivity index (χ0v) is 18.6. The van der Waals surface area contributed by atoms with E-state index in [2.05, 4.69) is 0 Å². The van der Waals surface area contributed by atoms with Crippen LogP contribution in [0.25, 0.3) is 11.0 Å². The molecule has 0 amide bonds. The first-order chi connectivity index (χ1) is 13.3. The average Bonchev–Trinajstić information content (AvgIpc) is 2.78. The van der Waals surface area contributed by atoms with E-state index in [4.69, 9.17) is 14.3 Å². The molecule has 3 rings (SSSR count). The van der Waals surface area contributed by atoms with Crippen molar-refractivity contribution in [2.24, 2.45) is 0 Å². The lowest BCUT2D eigenvalue weighted by Crippen LogP contribution is -2.15. The lowest BCUT2D eigenvalue weighted by atomic mass is 9.91. The van der Waals surface area contributed by atoms with Gasteiger partial charge in [0.2, 0.25) is 0 Å². The first-order valence-electron chi connectivity index (χ1n) is 10.6. The lowest BCUT2D eigenvalue weighted by Gasteiger charge is -2.16.